The molecule has 6 saturated carbocycles. The molecule has 2 heterocycles. The van der Waals surface area contributed by atoms with E-state index in [1.807, 2.05) is 28.4 Å². The summed E-state index contributed by atoms with van der Waals surface area (Å²) in [5.74, 6) is 5.90. The number of hydrogen-bond donors (Lipinski definition) is 0. The molecule has 0 aromatic rings. The summed E-state index contributed by atoms with van der Waals surface area (Å²) >= 11 is 0. The Kier molecular flexibility index (Phi) is 3.31. The maximum atomic E-state index is 7.18. The van der Waals surface area contributed by atoms with Crippen LogP contribution in [-0.4, -0.2) is 64.4 Å². The summed E-state index contributed by atoms with van der Waals surface area (Å²) in [6.07, 6.45) is 5.01. The highest BCUT2D eigenvalue weighted by atomic mass is 16.7. The molecule has 6 heteroatoms. The van der Waals surface area contributed by atoms with E-state index >= 15 is 0 Å². The van der Waals surface area contributed by atoms with Crippen molar-refractivity contribution < 1.29 is 28.4 Å². The summed E-state index contributed by atoms with van der Waals surface area (Å²) in [5, 5.41) is 0. The van der Waals surface area contributed by atoms with Gasteiger partial charge in [-0.15, -0.1) is 0 Å². The lowest BCUT2D eigenvalue weighted by atomic mass is 9.71. The van der Waals surface area contributed by atoms with Crippen molar-refractivity contribution in [3.05, 3.63) is 0 Å². The van der Waals surface area contributed by atoms with E-state index in [1.165, 1.54) is 12.8 Å². The van der Waals surface area contributed by atoms with E-state index in [4.69, 9.17) is 28.4 Å². The molecule has 0 spiro atoms. The molecule has 8 aliphatic rings. The second-order valence-electron chi connectivity index (χ2n) is 11.5. The van der Waals surface area contributed by atoms with Gasteiger partial charge < -0.3 is 28.4 Å². The molecule has 166 valence electrons. The van der Waals surface area contributed by atoms with E-state index in [-0.39, 0.29) is 23.8 Å². The molecule has 0 N–H and O–H groups in total. The minimum absolute atomic E-state index is 0.267. The van der Waals surface area contributed by atoms with Gasteiger partial charge in [-0.25, -0.2) is 0 Å². The Hall–Kier alpha value is -0.240. The van der Waals surface area contributed by atoms with E-state index in [0.29, 0.717) is 71.4 Å². The number of hydrogen-bond acceptors (Lipinski definition) is 6. The summed E-state index contributed by atoms with van der Waals surface area (Å²) in [7, 11) is 7.24. The second kappa shape index (κ2) is 5.45. The Bertz CT molecular complexity index is 718. The van der Waals surface area contributed by atoms with Crippen molar-refractivity contribution in [2.24, 2.45) is 59.2 Å². The average molecular weight is 419 g/mol. The predicted octanol–water partition coefficient (Wildman–Crippen LogP) is 2.30. The van der Waals surface area contributed by atoms with E-state index in [1.54, 1.807) is 0 Å². The fourth-order valence-corrected chi connectivity index (χ4v) is 12.1. The standard InChI is InChI=1S/C24H34O6/c1-25-21(26-2)23-17-9-5-8-12-14(9)20-15(17)16-18(24(20,30-12)22(27-3)28-4)10-6-7-11(29-23)13(10)19(16)23/h9-22H,5-8H2,1-4H3/t9-,10+,11+,12-,13-,14-,15-,16+,17-,18+,19+,20-,23-,24+/m1/s1. The summed E-state index contributed by atoms with van der Waals surface area (Å²) in [5.41, 5.74) is -0.541. The molecule has 6 aliphatic carbocycles. The Morgan fingerprint density at radius 3 is 1.33 bits per heavy atom. The van der Waals surface area contributed by atoms with Crippen molar-refractivity contribution >= 4 is 0 Å². The summed E-state index contributed by atoms with van der Waals surface area (Å²) in [6.45, 7) is 0. The van der Waals surface area contributed by atoms with E-state index < -0.39 is 0 Å². The molecule has 0 aromatic heterocycles. The first-order valence-corrected chi connectivity index (χ1v) is 12.2. The molecule has 2 aliphatic heterocycles. The van der Waals surface area contributed by atoms with Crippen LogP contribution in [0.3, 0.4) is 0 Å². The van der Waals surface area contributed by atoms with Gasteiger partial charge in [0, 0.05) is 40.3 Å². The van der Waals surface area contributed by atoms with Gasteiger partial charge in [-0.05, 0) is 73.0 Å². The topological polar surface area (TPSA) is 55.4 Å². The van der Waals surface area contributed by atoms with Crippen LogP contribution in [0.2, 0.25) is 0 Å². The smallest absolute Gasteiger partial charge is 0.186 e. The van der Waals surface area contributed by atoms with E-state index in [9.17, 15) is 0 Å². The summed E-state index contributed by atoms with van der Waals surface area (Å²) in [4.78, 5) is 0. The monoisotopic (exact) mass is 418 g/mol. The van der Waals surface area contributed by atoms with E-state index in [0.717, 1.165) is 12.8 Å². The second-order valence-corrected chi connectivity index (χ2v) is 11.5. The van der Waals surface area contributed by atoms with Crippen molar-refractivity contribution in [2.75, 3.05) is 28.4 Å². The Morgan fingerprint density at radius 2 is 0.967 bits per heavy atom. The third-order valence-corrected chi connectivity index (χ3v) is 11.7. The fourth-order valence-electron chi connectivity index (χ4n) is 12.1. The van der Waals surface area contributed by atoms with Crippen LogP contribution in [0.15, 0.2) is 0 Å². The highest BCUT2D eigenvalue weighted by Crippen LogP contribution is 2.87. The van der Waals surface area contributed by atoms with Crippen LogP contribution < -0.4 is 0 Å². The van der Waals surface area contributed by atoms with Crippen LogP contribution in [0, 0.1) is 59.2 Å². The molecule has 0 aromatic carbocycles. The van der Waals surface area contributed by atoms with Gasteiger partial charge in [0.1, 0.15) is 11.2 Å². The van der Waals surface area contributed by atoms with Crippen LogP contribution in [0.4, 0.5) is 0 Å². The Morgan fingerprint density at radius 1 is 0.567 bits per heavy atom. The summed E-state index contributed by atoms with van der Waals surface area (Å²) < 4.78 is 38.6. The van der Waals surface area contributed by atoms with Gasteiger partial charge >= 0.3 is 0 Å². The van der Waals surface area contributed by atoms with Crippen molar-refractivity contribution in [3.8, 4) is 0 Å². The molecular weight excluding hydrogens is 384 g/mol. The van der Waals surface area contributed by atoms with Gasteiger partial charge in [-0.2, -0.15) is 0 Å². The van der Waals surface area contributed by atoms with Crippen molar-refractivity contribution in [3.63, 3.8) is 0 Å². The number of fused-ring (bicyclic) bond motifs is 4. The van der Waals surface area contributed by atoms with Gasteiger partial charge in [0.2, 0.25) is 0 Å². The third kappa shape index (κ3) is 1.48. The van der Waals surface area contributed by atoms with E-state index in [2.05, 4.69) is 0 Å². The lowest BCUT2D eigenvalue weighted by Crippen LogP contribution is -2.56. The Balaban J connectivity index is 1.39. The van der Waals surface area contributed by atoms with Crippen LogP contribution >= 0.6 is 0 Å². The fraction of sp³-hybridized carbons (Fsp3) is 1.00. The molecule has 6 nitrogen and oxygen atoms in total. The maximum absolute atomic E-state index is 7.18. The van der Waals surface area contributed by atoms with Gasteiger partial charge in [0.15, 0.2) is 12.6 Å². The molecule has 0 bridgehead atoms. The average Bonchev–Trinajstić information content (AvgIpc) is 3.52. The third-order valence-electron chi connectivity index (χ3n) is 11.7. The first-order chi connectivity index (χ1) is 14.7. The SMILES string of the molecule is COC(OC)[C@@]12O[C@@H]3CC[C@@H]4[C@H]3[C@@H]1[C@@H]1[C@@H]3[C@@H]5[C@@H]6[C@H](CC[C@@H]6O[C@]5(C(OC)OC)[C@H]41)[C@@H]32. The first-order valence-electron chi connectivity index (χ1n) is 12.2. The molecule has 0 radical (unpaired) electrons. The zero-order valence-corrected chi connectivity index (χ0v) is 18.4. The first kappa shape index (κ1) is 18.2. The molecule has 0 amide bonds. The maximum Gasteiger partial charge on any atom is 0.186 e. The van der Waals surface area contributed by atoms with Crippen molar-refractivity contribution in [2.45, 2.75) is 61.7 Å². The lowest BCUT2D eigenvalue weighted by molar-refractivity contribution is -0.270. The van der Waals surface area contributed by atoms with Gasteiger partial charge in [-0.1, -0.05) is 0 Å². The largest absolute Gasteiger partial charge is 0.366 e. The van der Waals surface area contributed by atoms with Crippen LogP contribution in [0.1, 0.15) is 25.7 Å². The highest BCUT2D eigenvalue weighted by molar-refractivity contribution is 5.37. The lowest BCUT2D eigenvalue weighted by Gasteiger charge is -2.44. The van der Waals surface area contributed by atoms with Crippen LogP contribution in [-0.2, 0) is 28.4 Å². The predicted molar refractivity (Wildman–Crippen MR) is 104 cm³/mol. The molecule has 30 heavy (non-hydrogen) atoms. The zero-order chi connectivity index (χ0) is 20.2. The molecule has 0 unspecified atom stereocenters. The molecule has 8 rings (SSSR count). The Labute approximate surface area is 178 Å². The van der Waals surface area contributed by atoms with Crippen molar-refractivity contribution in [1.29, 1.82) is 0 Å². The minimum Gasteiger partial charge on any atom is -0.366 e. The minimum atomic E-state index is -0.271. The number of rotatable bonds is 6. The molecule has 14 atom stereocenters. The quantitative estimate of drug-likeness (QED) is 0.617. The van der Waals surface area contributed by atoms with Crippen LogP contribution in [0.5, 0.6) is 0 Å². The van der Waals surface area contributed by atoms with Crippen molar-refractivity contribution in [1.82, 2.24) is 0 Å². The number of ether oxygens (including phenoxy) is 6. The van der Waals surface area contributed by atoms with Gasteiger partial charge in [0.25, 0.3) is 0 Å². The van der Waals surface area contributed by atoms with Crippen LogP contribution in [0.25, 0.3) is 0 Å². The molecule has 2 saturated heterocycles. The highest BCUT2D eigenvalue weighted by Gasteiger charge is 2.92. The number of methoxy groups -OCH3 is 4. The normalized spacial score (nSPS) is 64.6. The zero-order valence-electron chi connectivity index (χ0n) is 18.4. The molecule has 8 fully saturated rings. The van der Waals surface area contributed by atoms with Gasteiger partial charge in [0.05, 0.1) is 12.2 Å². The van der Waals surface area contributed by atoms with Gasteiger partial charge in [-0.3, -0.25) is 0 Å². The molecular formula is C24H34O6. The summed E-state index contributed by atoms with van der Waals surface area (Å²) in [6, 6.07) is 0.